The molecule has 17 heavy (non-hydrogen) atoms. The average Bonchev–Trinajstić information content (AvgIpc) is 2.33. The third-order valence-electron chi connectivity index (χ3n) is 4.37. The maximum atomic E-state index is 6.41. The number of piperidine rings is 1. The highest BCUT2D eigenvalue weighted by atomic mass is 15.2. The van der Waals surface area contributed by atoms with E-state index in [0.29, 0.717) is 12.0 Å². The molecule has 0 bridgehead atoms. The second-order valence-electron chi connectivity index (χ2n) is 5.36. The molecule has 2 aliphatic rings. The fraction of sp³-hybridized carbons (Fsp3) is 0.929. The van der Waals surface area contributed by atoms with Crippen molar-refractivity contribution >= 4 is 13.7 Å². The maximum Gasteiger partial charge on any atom is 0.0985 e. The molecule has 0 amide bonds. The molecule has 2 radical (unpaired) electrons. The predicted molar refractivity (Wildman–Crippen MR) is 77.0 cm³/mol. The summed E-state index contributed by atoms with van der Waals surface area (Å²) in [7, 11) is 10.5. The van der Waals surface area contributed by atoms with Crippen molar-refractivity contribution in [3.8, 4) is 0 Å². The Morgan fingerprint density at radius 3 is 2.59 bits per heavy atom. The predicted octanol–water partition coefficient (Wildman–Crippen LogP) is 3.28. The highest BCUT2D eigenvalue weighted by Crippen LogP contribution is 2.49. The van der Waals surface area contributed by atoms with Crippen molar-refractivity contribution in [2.45, 2.75) is 64.2 Å². The fourth-order valence-electron chi connectivity index (χ4n) is 3.43. The Balaban J connectivity index is 0.000000686. The summed E-state index contributed by atoms with van der Waals surface area (Å²) >= 11 is 0. The number of nitrogens with zero attached hydrogens (tertiary/aromatic N) is 2. The van der Waals surface area contributed by atoms with Crippen LogP contribution in [0.3, 0.4) is 0 Å². The van der Waals surface area contributed by atoms with Crippen LogP contribution in [0.25, 0.3) is 0 Å². The Bertz CT molecular complexity index is 273. The molecule has 0 spiro atoms. The lowest BCUT2D eigenvalue weighted by Crippen LogP contribution is -2.51. The molecular weight excluding hydrogens is 207 g/mol. The molecule has 0 N–H and O–H groups in total. The van der Waals surface area contributed by atoms with Crippen molar-refractivity contribution in [2.75, 3.05) is 14.1 Å². The second kappa shape index (κ2) is 5.93. The maximum absolute atomic E-state index is 6.41. The highest BCUT2D eigenvalue weighted by molar-refractivity contribution is 6.15. The molecule has 1 heterocycles. The van der Waals surface area contributed by atoms with Crippen molar-refractivity contribution in [3.63, 3.8) is 0 Å². The lowest BCUT2D eigenvalue weighted by molar-refractivity contribution is 0.121. The van der Waals surface area contributed by atoms with Gasteiger partial charge in [0.05, 0.1) is 13.7 Å². The van der Waals surface area contributed by atoms with Crippen LogP contribution in [0.4, 0.5) is 0 Å². The number of hydrogen-bond donors (Lipinski definition) is 0. The second-order valence-corrected chi connectivity index (χ2v) is 5.36. The minimum atomic E-state index is 0.0381. The molecule has 3 heteroatoms. The van der Waals surface area contributed by atoms with E-state index in [4.69, 9.17) is 7.85 Å². The van der Waals surface area contributed by atoms with Crippen LogP contribution in [0.5, 0.6) is 0 Å². The Morgan fingerprint density at radius 2 is 2.00 bits per heavy atom. The fourth-order valence-corrected chi connectivity index (χ4v) is 3.43. The molecule has 96 valence electrons. The highest BCUT2D eigenvalue weighted by Gasteiger charge is 2.42. The number of amidine groups is 1. The van der Waals surface area contributed by atoms with Crippen molar-refractivity contribution in [2.24, 2.45) is 10.9 Å². The van der Waals surface area contributed by atoms with Gasteiger partial charge in [0.15, 0.2) is 0 Å². The first kappa shape index (κ1) is 14.6. The number of aliphatic imine (C=N–C) groups is 1. The molecule has 2 fully saturated rings. The van der Waals surface area contributed by atoms with Gasteiger partial charge in [-0.1, -0.05) is 38.9 Å². The number of hydrogen-bond acceptors (Lipinski definition) is 1. The summed E-state index contributed by atoms with van der Waals surface area (Å²) in [5.41, 5.74) is 0. The lowest BCUT2D eigenvalue weighted by atomic mass is 9.52. The summed E-state index contributed by atoms with van der Waals surface area (Å²) in [4.78, 5) is 6.74. The van der Waals surface area contributed by atoms with Gasteiger partial charge in [0.2, 0.25) is 0 Å². The SMILES string of the molecule is CC.[B]C1(C)CCCC2C1CCC(=NC)N2C. The Labute approximate surface area is 108 Å². The average molecular weight is 234 g/mol. The molecule has 2 rings (SSSR count). The van der Waals surface area contributed by atoms with E-state index in [1.807, 2.05) is 20.9 Å². The zero-order valence-electron chi connectivity index (χ0n) is 12.2. The van der Waals surface area contributed by atoms with E-state index in [1.54, 1.807) is 0 Å². The van der Waals surface area contributed by atoms with Crippen molar-refractivity contribution < 1.29 is 0 Å². The normalized spacial score (nSPS) is 39.4. The quantitative estimate of drug-likeness (QED) is 0.587. The third-order valence-corrected chi connectivity index (χ3v) is 4.37. The van der Waals surface area contributed by atoms with Gasteiger partial charge in [-0.3, -0.25) is 4.99 Å². The number of fused-ring (bicyclic) bond motifs is 1. The first-order valence-corrected chi connectivity index (χ1v) is 7.03. The molecule has 1 aliphatic heterocycles. The first-order valence-electron chi connectivity index (χ1n) is 7.03. The Hall–Kier alpha value is -0.465. The van der Waals surface area contributed by atoms with Gasteiger partial charge < -0.3 is 4.90 Å². The van der Waals surface area contributed by atoms with Crippen LogP contribution in [0.15, 0.2) is 4.99 Å². The lowest BCUT2D eigenvalue weighted by Gasteiger charge is -2.51. The Morgan fingerprint density at radius 1 is 1.35 bits per heavy atom. The van der Waals surface area contributed by atoms with Gasteiger partial charge in [-0.05, 0) is 18.8 Å². The van der Waals surface area contributed by atoms with E-state index < -0.39 is 0 Å². The molecule has 1 saturated heterocycles. The minimum absolute atomic E-state index is 0.0381. The van der Waals surface area contributed by atoms with E-state index in [9.17, 15) is 0 Å². The summed E-state index contributed by atoms with van der Waals surface area (Å²) in [6, 6.07) is 0.626. The summed E-state index contributed by atoms with van der Waals surface area (Å²) in [6.45, 7) is 6.23. The molecule has 0 aromatic carbocycles. The summed E-state index contributed by atoms with van der Waals surface area (Å²) in [5, 5.41) is 0.0381. The summed E-state index contributed by atoms with van der Waals surface area (Å²) < 4.78 is 0. The van der Waals surface area contributed by atoms with Crippen LogP contribution in [0, 0.1) is 5.92 Å². The van der Waals surface area contributed by atoms with E-state index >= 15 is 0 Å². The summed E-state index contributed by atoms with van der Waals surface area (Å²) in [6.07, 6.45) is 6.04. The van der Waals surface area contributed by atoms with Gasteiger partial charge in [-0.2, -0.15) is 0 Å². The van der Waals surface area contributed by atoms with Crippen molar-refractivity contribution in [1.29, 1.82) is 0 Å². The number of likely N-dealkylation sites (tertiary alicyclic amines) is 1. The molecule has 0 aromatic heterocycles. The van der Waals surface area contributed by atoms with Crippen LogP contribution in [0.1, 0.15) is 52.9 Å². The van der Waals surface area contributed by atoms with Gasteiger partial charge in [0, 0.05) is 26.6 Å². The molecule has 1 saturated carbocycles. The van der Waals surface area contributed by atoms with E-state index in [-0.39, 0.29) is 5.31 Å². The van der Waals surface area contributed by atoms with Gasteiger partial charge in [-0.15, -0.1) is 0 Å². The largest absolute Gasteiger partial charge is 0.360 e. The molecule has 0 aromatic rings. The number of rotatable bonds is 0. The van der Waals surface area contributed by atoms with Gasteiger partial charge in [0.25, 0.3) is 0 Å². The van der Waals surface area contributed by atoms with Crippen LogP contribution in [-0.2, 0) is 0 Å². The molecule has 3 unspecified atom stereocenters. The molecule has 2 nitrogen and oxygen atoms in total. The zero-order valence-corrected chi connectivity index (χ0v) is 12.2. The molecule has 1 aliphatic carbocycles. The van der Waals surface area contributed by atoms with E-state index in [0.717, 1.165) is 6.42 Å². The van der Waals surface area contributed by atoms with Gasteiger partial charge in [-0.25, -0.2) is 0 Å². The first-order chi connectivity index (χ1) is 8.06. The van der Waals surface area contributed by atoms with Crippen molar-refractivity contribution in [3.05, 3.63) is 0 Å². The third kappa shape index (κ3) is 2.86. The summed E-state index contributed by atoms with van der Waals surface area (Å²) in [5.74, 6) is 1.91. The topological polar surface area (TPSA) is 15.6 Å². The van der Waals surface area contributed by atoms with Crippen LogP contribution in [-0.4, -0.2) is 38.7 Å². The van der Waals surface area contributed by atoms with Gasteiger partial charge >= 0.3 is 0 Å². The molecule has 3 atom stereocenters. The smallest absolute Gasteiger partial charge is 0.0985 e. The molecular formula is C14H27BN2. The van der Waals surface area contributed by atoms with Gasteiger partial charge in [0.1, 0.15) is 0 Å². The standard InChI is InChI=1S/C12H21BN2.C2H6/c1-12(13)8-4-5-10-9(12)6-7-11(14-2)15(10)3;1-2/h9-10H,4-8H2,1-3H3;1-2H3. The van der Waals surface area contributed by atoms with E-state index in [2.05, 4.69) is 23.9 Å². The minimum Gasteiger partial charge on any atom is -0.360 e. The van der Waals surface area contributed by atoms with Crippen LogP contribution < -0.4 is 0 Å². The van der Waals surface area contributed by atoms with Crippen molar-refractivity contribution in [1.82, 2.24) is 4.90 Å². The monoisotopic (exact) mass is 234 g/mol. The zero-order chi connectivity index (χ0) is 13.1. The Kier molecular flexibility index (Phi) is 5.09. The van der Waals surface area contributed by atoms with E-state index in [1.165, 1.54) is 31.5 Å². The van der Waals surface area contributed by atoms with Crippen LogP contribution in [0.2, 0.25) is 5.31 Å². The van der Waals surface area contributed by atoms with Crippen LogP contribution >= 0.6 is 0 Å².